The number of rotatable bonds is 13. The lowest BCUT2D eigenvalue weighted by atomic mass is 10.0. The number of hydrogen-bond donors (Lipinski definition) is 2. The van der Waals surface area contributed by atoms with Gasteiger partial charge in [-0.25, -0.2) is 13.2 Å². The summed E-state index contributed by atoms with van der Waals surface area (Å²) < 4.78 is 45.7. The summed E-state index contributed by atoms with van der Waals surface area (Å²) in [7, 11) is -3.84. The van der Waals surface area contributed by atoms with Crippen molar-refractivity contribution in [3.8, 4) is 0 Å². The van der Waals surface area contributed by atoms with Crippen molar-refractivity contribution in [2.45, 2.75) is 56.8 Å². The number of amides is 1. The molecule has 9 nitrogen and oxygen atoms in total. The van der Waals surface area contributed by atoms with E-state index >= 15 is 0 Å². The number of carbonyl (C=O) groups excluding carboxylic acids is 1. The lowest BCUT2D eigenvalue weighted by Crippen LogP contribution is -2.52. The third-order valence-corrected chi connectivity index (χ3v) is 7.91. The molecular weight excluding hydrogens is 494 g/mol. The highest BCUT2D eigenvalue weighted by atomic mass is 32.2. The maximum Gasteiger partial charge on any atom is 0.407 e. The Bertz CT molecular complexity index is 1070. The molecule has 1 aliphatic rings. The van der Waals surface area contributed by atoms with Crippen LogP contribution in [0.5, 0.6) is 0 Å². The molecule has 1 heterocycles. The normalized spacial score (nSPS) is 17.6. The molecule has 0 radical (unpaired) electrons. The standard InChI is InChI=1S/C27H39N3O6S/c1-4-35-26(18-30(17-20(2)3)37(32,33)24-12-10-22(28)11-13-24)25(16-21-8-6-5-7-9-21)29-27(31)36-23-14-15-34-19-23/h5-13,20,23,25-26H,4,14-19,28H2,1-3H3,(H,29,31)/t23-,25-,26+/m0/s1. The molecule has 3 N–H and O–H groups in total. The van der Waals surface area contributed by atoms with Crippen molar-refractivity contribution in [3.05, 3.63) is 60.2 Å². The number of ether oxygens (including phenoxy) is 3. The minimum Gasteiger partial charge on any atom is -0.444 e. The van der Waals surface area contributed by atoms with Crippen molar-refractivity contribution in [2.24, 2.45) is 5.92 Å². The molecule has 37 heavy (non-hydrogen) atoms. The molecule has 2 aromatic carbocycles. The van der Waals surface area contributed by atoms with Gasteiger partial charge in [-0.15, -0.1) is 0 Å². The summed E-state index contributed by atoms with van der Waals surface area (Å²) in [5, 5.41) is 2.95. The van der Waals surface area contributed by atoms with Gasteiger partial charge in [0.25, 0.3) is 0 Å². The Kier molecular flexibility index (Phi) is 10.7. The molecule has 0 aliphatic carbocycles. The lowest BCUT2D eigenvalue weighted by Gasteiger charge is -2.33. The van der Waals surface area contributed by atoms with Gasteiger partial charge in [0.1, 0.15) is 6.10 Å². The van der Waals surface area contributed by atoms with Crippen LogP contribution in [0.3, 0.4) is 0 Å². The zero-order chi connectivity index (χ0) is 26.8. The van der Waals surface area contributed by atoms with Crippen LogP contribution in [0.1, 0.15) is 32.8 Å². The van der Waals surface area contributed by atoms with Gasteiger partial charge < -0.3 is 25.3 Å². The van der Waals surface area contributed by atoms with E-state index in [0.29, 0.717) is 38.3 Å². The van der Waals surface area contributed by atoms with Gasteiger partial charge in [0.2, 0.25) is 10.0 Å². The van der Waals surface area contributed by atoms with Crippen LogP contribution in [-0.4, -0.2) is 70.0 Å². The van der Waals surface area contributed by atoms with Gasteiger partial charge in [-0.05, 0) is 49.1 Å². The van der Waals surface area contributed by atoms with Gasteiger partial charge in [0.05, 0.1) is 30.3 Å². The number of nitrogens with one attached hydrogen (secondary N) is 1. The molecule has 0 bridgehead atoms. The zero-order valence-electron chi connectivity index (χ0n) is 21.8. The van der Waals surface area contributed by atoms with Crippen LogP contribution in [0.25, 0.3) is 0 Å². The quantitative estimate of drug-likeness (QED) is 0.379. The third kappa shape index (κ3) is 8.70. The summed E-state index contributed by atoms with van der Waals surface area (Å²) in [5.74, 6) is 0.0682. The highest BCUT2D eigenvalue weighted by Gasteiger charge is 2.33. The summed E-state index contributed by atoms with van der Waals surface area (Å²) in [6.45, 7) is 7.39. The van der Waals surface area contributed by atoms with Crippen molar-refractivity contribution in [1.82, 2.24) is 9.62 Å². The Balaban J connectivity index is 1.88. The first-order valence-electron chi connectivity index (χ1n) is 12.7. The fourth-order valence-electron chi connectivity index (χ4n) is 4.26. The number of hydrogen-bond acceptors (Lipinski definition) is 7. The van der Waals surface area contributed by atoms with Crippen molar-refractivity contribution in [3.63, 3.8) is 0 Å². The minimum absolute atomic E-state index is 0.0586. The molecule has 0 saturated carbocycles. The predicted molar refractivity (Wildman–Crippen MR) is 143 cm³/mol. The Labute approximate surface area is 220 Å². The second-order valence-corrected chi connectivity index (χ2v) is 11.5. The van der Waals surface area contributed by atoms with E-state index in [2.05, 4.69) is 5.32 Å². The lowest BCUT2D eigenvalue weighted by molar-refractivity contribution is 0.0167. The van der Waals surface area contributed by atoms with Crippen LogP contribution in [0, 0.1) is 5.92 Å². The van der Waals surface area contributed by atoms with Crippen molar-refractivity contribution in [1.29, 1.82) is 0 Å². The van der Waals surface area contributed by atoms with Crippen molar-refractivity contribution >= 4 is 21.8 Å². The number of nitrogens with zero attached hydrogens (tertiary/aromatic N) is 1. The second-order valence-electron chi connectivity index (χ2n) is 9.61. The maximum absolute atomic E-state index is 13.7. The largest absolute Gasteiger partial charge is 0.444 e. The molecule has 3 atom stereocenters. The van der Waals surface area contributed by atoms with E-state index in [1.807, 2.05) is 51.1 Å². The maximum atomic E-state index is 13.7. The van der Waals surface area contributed by atoms with Crippen LogP contribution < -0.4 is 11.1 Å². The molecule has 1 fully saturated rings. The Morgan fingerprint density at radius 1 is 1.14 bits per heavy atom. The molecule has 10 heteroatoms. The number of nitrogen functional groups attached to an aromatic ring is 1. The summed E-state index contributed by atoms with van der Waals surface area (Å²) >= 11 is 0. The van der Waals surface area contributed by atoms with E-state index in [4.69, 9.17) is 19.9 Å². The third-order valence-electron chi connectivity index (χ3n) is 6.06. The van der Waals surface area contributed by atoms with Crippen LogP contribution in [0.4, 0.5) is 10.5 Å². The Morgan fingerprint density at radius 3 is 2.43 bits per heavy atom. The first-order valence-corrected chi connectivity index (χ1v) is 14.2. The summed E-state index contributed by atoms with van der Waals surface area (Å²) in [5.41, 5.74) is 7.25. The van der Waals surface area contributed by atoms with E-state index in [9.17, 15) is 13.2 Å². The fourth-order valence-corrected chi connectivity index (χ4v) is 5.88. The van der Waals surface area contributed by atoms with E-state index in [1.54, 1.807) is 12.1 Å². The SMILES string of the molecule is CCO[C@H](CN(CC(C)C)S(=O)(=O)c1ccc(N)cc1)[C@H](Cc1ccccc1)NC(=O)O[C@H]1CCOC1. The highest BCUT2D eigenvalue weighted by Crippen LogP contribution is 2.21. The molecule has 204 valence electrons. The van der Waals surface area contributed by atoms with Gasteiger partial charge in [-0.1, -0.05) is 44.2 Å². The van der Waals surface area contributed by atoms with E-state index in [-0.39, 0.29) is 30.0 Å². The number of nitrogens with two attached hydrogens (primary N) is 1. The van der Waals surface area contributed by atoms with Crippen molar-refractivity contribution in [2.75, 3.05) is 38.6 Å². The molecule has 1 saturated heterocycles. The summed E-state index contributed by atoms with van der Waals surface area (Å²) in [4.78, 5) is 13.0. The summed E-state index contributed by atoms with van der Waals surface area (Å²) in [6.07, 6.45) is -0.406. The van der Waals surface area contributed by atoms with Gasteiger partial charge >= 0.3 is 6.09 Å². The Hall–Kier alpha value is -2.66. The van der Waals surface area contributed by atoms with Crippen molar-refractivity contribution < 1.29 is 27.4 Å². The van der Waals surface area contributed by atoms with E-state index in [0.717, 1.165) is 5.56 Å². The fraction of sp³-hybridized carbons (Fsp3) is 0.519. The van der Waals surface area contributed by atoms with E-state index in [1.165, 1.54) is 16.4 Å². The topological polar surface area (TPSA) is 120 Å². The number of benzene rings is 2. The second kappa shape index (κ2) is 13.8. The van der Waals surface area contributed by atoms with Gasteiger partial charge in [-0.2, -0.15) is 4.31 Å². The number of sulfonamides is 1. The smallest absolute Gasteiger partial charge is 0.407 e. The molecule has 0 aromatic heterocycles. The van der Waals surface area contributed by atoms with Crippen LogP contribution in [0.2, 0.25) is 0 Å². The molecule has 0 spiro atoms. The van der Waals surface area contributed by atoms with Gasteiger partial charge in [-0.3, -0.25) is 0 Å². The van der Waals surface area contributed by atoms with E-state index < -0.39 is 28.3 Å². The van der Waals surface area contributed by atoms with Crippen LogP contribution in [-0.2, 0) is 30.7 Å². The molecule has 2 aromatic rings. The highest BCUT2D eigenvalue weighted by molar-refractivity contribution is 7.89. The minimum atomic E-state index is -3.84. The van der Waals surface area contributed by atoms with Gasteiger partial charge in [0.15, 0.2) is 0 Å². The first-order chi connectivity index (χ1) is 17.7. The summed E-state index contributed by atoms with van der Waals surface area (Å²) in [6, 6.07) is 15.3. The monoisotopic (exact) mass is 533 g/mol. The van der Waals surface area contributed by atoms with Crippen LogP contribution >= 0.6 is 0 Å². The molecule has 1 amide bonds. The number of anilines is 1. The molecule has 0 unspecified atom stereocenters. The Morgan fingerprint density at radius 2 is 1.84 bits per heavy atom. The number of alkyl carbamates (subject to hydrolysis) is 1. The average Bonchev–Trinajstić information content (AvgIpc) is 3.36. The average molecular weight is 534 g/mol. The molecule has 1 aliphatic heterocycles. The van der Waals surface area contributed by atoms with Crippen LogP contribution in [0.15, 0.2) is 59.5 Å². The number of carbonyl (C=O) groups is 1. The first kappa shape index (κ1) is 28.9. The predicted octanol–water partition coefficient (Wildman–Crippen LogP) is 3.45. The molecular formula is C27H39N3O6S. The zero-order valence-corrected chi connectivity index (χ0v) is 22.7. The molecule has 3 rings (SSSR count). The van der Waals surface area contributed by atoms with Gasteiger partial charge in [0, 0.05) is 31.8 Å².